The molecule has 0 aromatic heterocycles. The predicted molar refractivity (Wildman–Crippen MR) is 77.8 cm³/mol. The highest BCUT2D eigenvalue weighted by Gasteiger charge is 2.20. The van der Waals surface area contributed by atoms with E-state index in [1.807, 2.05) is 0 Å². The topological polar surface area (TPSA) is 64.3 Å². The van der Waals surface area contributed by atoms with Gasteiger partial charge >= 0.3 is 0 Å². The Hall–Kier alpha value is -0.610. The minimum absolute atomic E-state index is 0.160. The molecule has 1 amide bonds. The fourth-order valence-corrected chi connectivity index (χ4v) is 2.41. The number of carbonyl (C=O) groups is 1. The van der Waals surface area contributed by atoms with E-state index in [2.05, 4.69) is 19.2 Å². The molecule has 0 bridgehead atoms. The molecule has 0 atom stereocenters. The first-order valence-corrected chi connectivity index (χ1v) is 7.68. The average Bonchev–Trinajstić information content (AvgIpc) is 2.36. The van der Waals surface area contributed by atoms with Crippen molar-refractivity contribution in [3.63, 3.8) is 0 Å². The van der Waals surface area contributed by atoms with E-state index in [-0.39, 0.29) is 5.91 Å². The number of nitrogens with two attached hydrogens (primary N) is 1. The van der Waals surface area contributed by atoms with E-state index in [1.54, 1.807) is 0 Å². The van der Waals surface area contributed by atoms with Crippen molar-refractivity contribution in [3.8, 4) is 0 Å². The lowest BCUT2D eigenvalue weighted by molar-refractivity contribution is -0.122. The SMILES string of the molecule is CC(C)CCOCCNC(=O)CC1CCC(N)CC1. The quantitative estimate of drug-likeness (QED) is 0.664. The third-order valence-corrected chi connectivity index (χ3v) is 3.77. The number of ether oxygens (including phenoxy) is 1. The smallest absolute Gasteiger partial charge is 0.220 e. The number of carbonyl (C=O) groups excluding carboxylic acids is 1. The first-order valence-electron chi connectivity index (χ1n) is 7.68. The van der Waals surface area contributed by atoms with Crippen molar-refractivity contribution in [1.29, 1.82) is 0 Å². The second-order valence-corrected chi connectivity index (χ2v) is 6.13. The van der Waals surface area contributed by atoms with Crippen LogP contribution in [0.15, 0.2) is 0 Å². The van der Waals surface area contributed by atoms with E-state index in [0.717, 1.165) is 38.7 Å². The summed E-state index contributed by atoms with van der Waals surface area (Å²) in [6.07, 6.45) is 6.06. The van der Waals surface area contributed by atoms with Crippen LogP contribution in [0.3, 0.4) is 0 Å². The Morgan fingerprint density at radius 3 is 2.58 bits per heavy atom. The van der Waals surface area contributed by atoms with Crippen molar-refractivity contribution >= 4 is 5.91 Å². The third kappa shape index (κ3) is 8.22. The van der Waals surface area contributed by atoms with Crippen molar-refractivity contribution in [3.05, 3.63) is 0 Å². The second kappa shape index (κ2) is 9.32. The van der Waals surface area contributed by atoms with Crippen LogP contribution in [0.2, 0.25) is 0 Å². The van der Waals surface area contributed by atoms with Gasteiger partial charge in [-0.3, -0.25) is 4.79 Å². The molecule has 0 unspecified atom stereocenters. The van der Waals surface area contributed by atoms with E-state index in [9.17, 15) is 4.79 Å². The summed E-state index contributed by atoms with van der Waals surface area (Å²) in [7, 11) is 0. The van der Waals surface area contributed by atoms with Crippen LogP contribution in [0.4, 0.5) is 0 Å². The van der Waals surface area contributed by atoms with Gasteiger partial charge in [0.15, 0.2) is 0 Å². The van der Waals surface area contributed by atoms with E-state index < -0.39 is 0 Å². The molecule has 0 aromatic carbocycles. The Kier molecular flexibility index (Phi) is 8.07. The molecule has 112 valence electrons. The van der Waals surface area contributed by atoms with Crippen LogP contribution >= 0.6 is 0 Å². The van der Waals surface area contributed by atoms with Gasteiger partial charge in [-0.05, 0) is 43.9 Å². The fraction of sp³-hybridized carbons (Fsp3) is 0.933. The van der Waals surface area contributed by atoms with Crippen LogP contribution in [0.25, 0.3) is 0 Å². The Morgan fingerprint density at radius 2 is 1.95 bits per heavy atom. The summed E-state index contributed by atoms with van der Waals surface area (Å²) in [5.41, 5.74) is 5.86. The molecule has 1 aliphatic carbocycles. The minimum atomic E-state index is 0.160. The first kappa shape index (κ1) is 16.4. The average molecular weight is 270 g/mol. The van der Waals surface area contributed by atoms with Crippen LogP contribution in [0.1, 0.15) is 52.4 Å². The van der Waals surface area contributed by atoms with Crippen molar-refractivity contribution in [2.24, 2.45) is 17.6 Å². The molecule has 0 spiro atoms. The molecular weight excluding hydrogens is 240 g/mol. The molecule has 3 N–H and O–H groups in total. The molecule has 1 saturated carbocycles. The zero-order chi connectivity index (χ0) is 14.1. The highest BCUT2D eigenvalue weighted by atomic mass is 16.5. The largest absolute Gasteiger partial charge is 0.380 e. The molecular formula is C15H30N2O2. The van der Waals surface area contributed by atoms with Crippen molar-refractivity contribution < 1.29 is 9.53 Å². The molecule has 1 rings (SSSR count). The molecule has 4 heteroatoms. The van der Waals surface area contributed by atoms with Crippen LogP contribution in [-0.2, 0) is 9.53 Å². The third-order valence-electron chi connectivity index (χ3n) is 3.77. The summed E-state index contributed by atoms with van der Waals surface area (Å²) >= 11 is 0. The molecule has 4 nitrogen and oxygen atoms in total. The lowest BCUT2D eigenvalue weighted by atomic mass is 9.84. The van der Waals surface area contributed by atoms with Gasteiger partial charge in [0.25, 0.3) is 0 Å². The van der Waals surface area contributed by atoms with E-state index in [4.69, 9.17) is 10.5 Å². The summed E-state index contributed by atoms with van der Waals surface area (Å²) in [6, 6.07) is 0.355. The summed E-state index contributed by atoms with van der Waals surface area (Å²) in [5, 5.41) is 2.93. The Bertz CT molecular complexity index is 249. The summed E-state index contributed by atoms with van der Waals surface area (Å²) < 4.78 is 5.47. The lowest BCUT2D eigenvalue weighted by Crippen LogP contribution is -2.32. The van der Waals surface area contributed by atoms with Crippen molar-refractivity contribution in [2.45, 2.75) is 58.4 Å². The number of hydrogen-bond acceptors (Lipinski definition) is 3. The molecule has 1 aliphatic rings. The number of rotatable bonds is 8. The highest BCUT2D eigenvalue weighted by Crippen LogP contribution is 2.25. The van der Waals surface area contributed by atoms with Crippen molar-refractivity contribution in [1.82, 2.24) is 5.32 Å². The number of nitrogens with one attached hydrogen (secondary N) is 1. The zero-order valence-electron chi connectivity index (χ0n) is 12.5. The van der Waals surface area contributed by atoms with Gasteiger partial charge in [-0.25, -0.2) is 0 Å². The van der Waals surface area contributed by atoms with Gasteiger partial charge in [0.05, 0.1) is 6.61 Å². The van der Waals surface area contributed by atoms with Crippen LogP contribution in [-0.4, -0.2) is 31.7 Å². The maximum atomic E-state index is 11.7. The van der Waals surface area contributed by atoms with Gasteiger partial charge in [-0.15, -0.1) is 0 Å². The van der Waals surface area contributed by atoms with Gasteiger partial charge in [0.2, 0.25) is 5.91 Å². The Labute approximate surface area is 117 Å². The summed E-state index contributed by atoms with van der Waals surface area (Å²) in [4.78, 5) is 11.7. The number of amides is 1. The monoisotopic (exact) mass is 270 g/mol. The van der Waals surface area contributed by atoms with E-state index in [0.29, 0.717) is 37.5 Å². The highest BCUT2D eigenvalue weighted by molar-refractivity contribution is 5.76. The molecule has 0 aromatic rings. The zero-order valence-corrected chi connectivity index (χ0v) is 12.5. The lowest BCUT2D eigenvalue weighted by Gasteiger charge is -2.25. The van der Waals surface area contributed by atoms with E-state index >= 15 is 0 Å². The fourth-order valence-electron chi connectivity index (χ4n) is 2.41. The Balaban J connectivity index is 1.96. The molecule has 0 aliphatic heterocycles. The Morgan fingerprint density at radius 1 is 1.26 bits per heavy atom. The van der Waals surface area contributed by atoms with E-state index in [1.165, 1.54) is 0 Å². The first-order chi connectivity index (χ1) is 9.08. The van der Waals surface area contributed by atoms with Crippen LogP contribution in [0, 0.1) is 11.8 Å². The second-order valence-electron chi connectivity index (χ2n) is 6.13. The summed E-state index contributed by atoms with van der Waals surface area (Å²) in [6.45, 7) is 6.40. The van der Waals surface area contributed by atoms with Gasteiger partial charge in [0, 0.05) is 25.6 Å². The normalized spacial score (nSPS) is 23.6. The molecule has 0 heterocycles. The molecule has 19 heavy (non-hydrogen) atoms. The minimum Gasteiger partial charge on any atom is -0.380 e. The van der Waals surface area contributed by atoms with Crippen molar-refractivity contribution in [2.75, 3.05) is 19.8 Å². The molecule has 1 fully saturated rings. The van der Waals surface area contributed by atoms with Gasteiger partial charge in [-0.1, -0.05) is 13.8 Å². The van der Waals surface area contributed by atoms with Crippen LogP contribution < -0.4 is 11.1 Å². The number of hydrogen-bond donors (Lipinski definition) is 2. The molecule has 0 saturated heterocycles. The predicted octanol–water partition coefficient (Wildman–Crippen LogP) is 2.07. The summed E-state index contributed by atoms with van der Waals surface area (Å²) in [5.74, 6) is 1.36. The maximum Gasteiger partial charge on any atom is 0.220 e. The van der Waals surface area contributed by atoms with Gasteiger partial charge in [0.1, 0.15) is 0 Å². The van der Waals surface area contributed by atoms with Gasteiger partial charge in [-0.2, -0.15) is 0 Å². The maximum absolute atomic E-state index is 11.7. The standard InChI is InChI=1S/C15H30N2O2/c1-12(2)7-9-19-10-8-17-15(18)11-13-3-5-14(16)6-4-13/h12-14H,3-11,16H2,1-2H3,(H,17,18). The van der Waals surface area contributed by atoms with Gasteiger partial charge < -0.3 is 15.8 Å². The van der Waals surface area contributed by atoms with Crippen LogP contribution in [0.5, 0.6) is 0 Å². The molecule has 0 radical (unpaired) electrons.